The monoisotopic (exact) mass is 381 g/mol. The molecule has 1 saturated heterocycles. The molecule has 2 heterocycles. The number of nitrogens with one attached hydrogen (secondary N) is 1. The van der Waals surface area contributed by atoms with Crippen LogP contribution in [0.1, 0.15) is 18.4 Å². The number of anilines is 1. The molecule has 3 rings (SSSR count). The zero-order valence-corrected chi connectivity index (χ0v) is 15.1. The SMILES string of the molecule is CS(=O)(=O)N1CCC(C(=O)Nc2ncn(Cc3ccccc3F)n2)CC1. The number of sulfonamides is 1. The normalized spacial score (nSPS) is 16.5. The van der Waals surface area contributed by atoms with Gasteiger partial charge in [-0.15, -0.1) is 5.10 Å². The van der Waals surface area contributed by atoms with Crippen LogP contribution in [-0.2, 0) is 21.4 Å². The van der Waals surface area contributed by atoms with Gasteiger partial charge in [0.1, 0.15) is 12.1 Å². The van der Waals surface area contributed by atoms with Crippen LogP contribution in [0.4, 0.5) is 10.3 Å². The van der Waals surface area contributed by atoms with Crippen molar-refractivity contribution in [3.05, 3.63) is 42.0 Å². The first-order valence-electron chi connectivity index (χ1n) is 8.22. The molecule has 0 spiro atoms. The molecule has 0 unspecified atom stereocenters. The van der Waals surface area contributed by atoms with Gasteiger partial charge in [0.2, 0.25) is 21.9 Å². The number of aromatic nitrogens is 3. The molecule has 26 heavy (non-hydrogen) atoms. The predicted octanol–water partition coefficient (Wildman–Crippen LogP) is 1.08. The van der Waals surface area contributed by atoms with E-state index < -0.39 is 10.0 Å². The van der Waals surface area contributed by atoms with Crippen molar-refractivity contribution in [3.63, 3.8) is 0 Å². The van der Waals surface area contributed by atoms with E-state index in [9.17, 15) is 17.6 Å². The Bertz CT molecular complexity index is 891. The smallest absolute Gasteiger partial charge is 0.248 e. The fourth-order valence-corrected chi connectivity index (χ4v) is 3.77. The first kappa shape index (κ1) is 18.5. The van der Waals surface area contributed by atoms with Gasteiger partial charge in [0.05, 0.1) is 12.8 Å². The minimum atomic E-state index is -3.22. The van der Waals surface area contributed by atoms with Gasteiger partial charge in [0, 0.05) is 24.6 Å². The summed E-state index contributed by atoms with van der Waals surface area (Å²) in [4.78, 5) is 16.3. The van der Waals surface area contributed by atoms with E-state index >= 15 is 0 Å². The Labute approximate surface area is 151 Å². The summed E-state index contributed by atoms with van der Waals surface area (Å²) in [6.45, 7) is 0.862. The van der Waals surface area contributed by atoms with Gasteiger partial charge in [-0.05, 0) is 18.9 Å². The zero-order valence-electron chi connectivity index (χ0n) is 14.3. The Kier molecular flexibility index (Phi) is 5.33. The molecule has 1 aliphatic heterocycles. The van der Waals surface area contributed by atoms with Crippen LogP contribution in [0.2, 0.25) is 0 Å². The quantitative estimate of drug-likeness (QED) is 0.836. The average molecular weight is 381 g/mol. The maximum Gasteiger partial charge on any atom is 0.248 e. The third-order valence-electron chi connectivity index (χ3n) is 4.36. The number of benzene rings is 1. The summed E-state index contributed by atoms with van der Waals surface area (Å²) >= 11 is 0. The molecule has 0 aliphatic carbocycles. The highest BCUT2D eigenvalue weighted by Crippen LogP contribution is 2.20. The van der Waals surface area contributed by atoms with E-state index in [1.807, 2.05) is 0 Å². The molecule has 1 aromatic carbocycles. The Balaban J connectivity index is 1.56. The number of nitrogens with zero attached hydrogens (tertiary/aromatic N) is 4. The lowest BCUT2D eigenvalue weighted by Gasteiger charge is -2.29. The Morgan fingerprint density at radius 1 is 1.31 bits per heavy atom. The van der Waals surface area contributed by atoms with Gasteiger partial charge in [0.25, 0.3) is 0 Å². The largest absolute Gasteiger partial charge is 0.293 e. The molecule has 140 valence electrons. The van der Waals surface area contributed by atoms with Crippen LogP contribution < -0.4 is 5.32 Å². The molecule has 8 nitrogen and oxygen atoms in total. The Morgan fingerprint density at radius 3 is 2.65 bits per heavy atom. The second-order valence-corrected chi connectivity index (χ2v) is 8.27. The molecular weight excluding hydrogens is 361 g/mol. The van der Waals surface area contributed by atoms with Gasteiger partial charge in [-0.25, -0.2) is 26.8 Å². The second kappa shape index (κ2) is 7.50. The molecular formula is C16H20FN5O3S. The Morgan fingerprint density at radius 2 is 2.00 bits per heavy atom. The van der Waals surface area contributed by atoms with Crippen molar-refractivity contribution >= 4 is 21.9 Å². The second-order valence-electron chi connectivity index (χ2n) is 6.28. The number of piperidine rings is 1. The van der Waals surface area contributed by atoms with Crippen LogP contribution in [0.5, 0.6) is 0 Å². The van der Waals surface area contributed by atoms with Crippen molar-refractivity contribution in [1.29, 1.82) is 0 Å². The summed E-state index contributed by atoms with van der Waals surface area (Å²) < 4.78 is 39.5. The maximum absolute atomic E-state index is 13.7. The van der Waals surface area contributed by atoms with Crippen LogP contribution in [-0.4, -0.2) is 52.7 Å². The van der Waals surface area contributed by atoms with Crippen LogP contribution in [0.3, 0.4) is 0 Å². The molecule has 1 aliphatic rings. The van der Waals surface area contributed by atoms with Crippen LogP contribution in [0, 0.1) is 11.7 Å². The minimum absolute atomic E-state index is 0.150. The van der Waals surface area contributed by atoms with Gasteiger partial charge < -0.3 is 0 Å². The molecule has 0 bridgehead atoms. The fraction of sp³-hybridized carbons (Fsp3) is 0.438. The lowest BCUT2D eigenvalue weighted by atomic mass is 9.97. The highest BCUT2D eigenvalue weighted by atomic mass is 32.2. The molecule has 1 amide bonds. The maximum atomic E-state index is 13.7. The molecule has 1 fully saturated rings. The summed E-state index contributed by atoms with van der Waals surface area (Å²) in [6, 6.07) is 6.38. The predicted molar refractivity (Wildman–Crippen MR) is 93.3 cm³/mol. The number of carbonyl (C=O) groups is 1. The molecule has 1 aromatic heterocycles. The highest BCUT2D eigenvalue weighted by Gasteiger charge is 2.29. The van der Waals surface area contributed by atoms with E-state index in [2.05, 4.69) is 15.4 Å². The molecule has 1 N–H and O–H groups in total. The van der Waals surface area contributed by atoms with Crippen LogP contribution in [0.15, 0.2) is 30.6 Å². The van der Waals surface area contributed by atoms with Crippen molar-refractivity contribution < 1.29 is 17.6 Å². The Hall–Kier alpha value is -2.33. The molecule has 2 aromatic rings. The third-order valence-corrected chi connectivity index (χ3v) is 5.66. The van der Waals surface area contributed by atoms with E-state index in [4.69, 9.17) is 0 Å². The van der Waals surface area contributed by atoms with E-state index in [0.29, 0.717) is 31.5 Å². The number of amides is 1. The van der Waals surface area contributed by atoms with Gasteiger partial charge in [-0.1, -0.05) is 18.2 Å². The number of hydrogen-bond acceptors (Lipinski definition) is 5. The summed E-state index contributed by atoms with van der Waals surface area (Å²) in [5.74, 6) is -0.698. The van der Waals surface area contributed by atoms with Crippen LogP contribution in [0.25, 0.3) is 0 Å². The topological polar surface area (TPSA) is 97.2 Å². The van der Waals surface area contributed by atoms with Gasteiger partial charge >= 0.3 is 0 Å². The first-order valence-corrected chi connectivity index (χ1v) is 10.1. The van der Waals surface area contributed by atoms with E-state index in [1.165, 1.54) is 27.6 Å². The lowest BCUT2D eigenvalue weighted by molar-refractivity contribution is -0.121. The molecule has 0 atom stereocenters. The number of carbonyl (C=O) groups excluding carboxylic acids is 1. The first-order chi connectivity index (χ1) is 12.3. The van der Waals surface area contributed by atoms with Crippen LogP contribution >= 0.6 is 0 Å². The lowest BCUT2D eigenvalue weighted by Crippen LogP contribution is -2.41. The minimum Gasteiger partial charge on any atom is -0.293 e. The fourth-order valence-electron chi connectivity index (χ4n) is 2.89. The van der Waals surface area contributed by atoms with E-state index in [-0.39, 0.29) is 30.1 Å². The standard InChI is InChI=1S/C16H20FN5O3S/c1-26(24,25)22-8-6-12(7-9-22)15(23)19-16-18-11-21(20-16)10-13-4-2-3-5-14(13)17/h2-5,11-12H,6-10H2,1H3,(H,19,20,23). The molecule has 10 heteroatoms. The van der Waals surface area contributed by atoms with Crippen molar-refractivity contribution in [2.45, 2.75) is 19.4 Å². The van der Waals surface area contributed by atoms with Gasteiger partial charge in [0.15, 0.2) is 0 Å². The third kappa shape index (κ3) is 4.44. The summed E-state index contributed by atoms with van der Waals surface area (Å²) in [6.07, 6.45) is 3.50. The van der Waals surface area contributed by atoms with Crippen molar-refractivity contribution in [1.82, 2.24) is 19.1 Å². The van der Waals surface area contributed by atoms with Gasteiger partial charge in [-0.2, -0.15) is 0 Å². The van der Waals surface area contributed by atoms with Crippen molar-refractivity contribution in [3.8, 4) is 0 Å². The molecule has 0 radical (unpaired) electrons. The molecule has 0 saturated carbocycles. The van der Waals surface area contributed by atoms with Crippen molar-refractivity contribution in [2.75, 3.05) is 24.7 Å². The summed E-state index contributed by atoms with van der Waals surface area (Å²) in [5.41, 5.74) is 0.475. The number of halogens is 1. The summed E-state index contributed by atoms with van der Waals surface area (Å²) in [5, 5.41) is 6.78. The van der Waals surface area contributed by atoms with E-state index in [0.717, 1.165) is 0 Å². The van der Waals surface area contributed by atoms with Crippen molar-refractivity contribution in [2.24, 2.45) is 5.92 Å². The number of hydrogen-bond donors (Lipinski definition) is 1. The summed E-state index contributed by atoms with van der Waals surface area (Å²) in [7, 11) is -3.22. The highest BCUT2D eigenvalue weighted by molar-refractivity contribution is 7.88. The average Bonchev–Trinajstić information content (AvgIpc) is 3.03. The van der Waals surface area contributed by atoms with Gasteiger partial charge in [-0.3, -0.25) is 10.1 Å². The number of rotatable bonds is 5. The van der Waals surface area contributed by atoms with E-state index in [1.54, 1.807) is 18.2 Å². The zero-order chi connectivity index (χ0) is 18.7.